The molecular formula is C22H26Cl3N5O2. The van der Waals surface area contributed by atoms with Gasteiger partial charge in [0.15, 0.2) is 0 Å². The number of rotatable bonds is 6. The summed E-state index contributed by atoms with van der Waals surface area (Å²) in [7, 11) is 0. The number of carbonyl (C=O) groups is 1. The van der Waals surface area contributed by atoms with E-state index in [4.69, 9.17) is 5.21 Å². The van der Waals surface area contributed by atoms with E-state index in [1.165, 1.54) is 17.0 Å². The van der Waals surface area contributed by atoms with Crippen molar-refractivity contribution < 1.29 is 10.0 Å². The molecule has 10 heteroatoms. The van der Waals surface area contributed by atoms with Crippen LogP contribution in [-0.2, 0) is 11.3 Å². The standard InChI is InChI=1S/C22H23N5O2.3ClH/c28-22(26-29)8-6-16-5-7-21(24-12-16)25-19-9-10-27(15-19)14-17-11-18-3-1-2-4-20(18)23-13-17;;;/h1-8,11-13,19,29H,9-10,14-15H2,(H,24,25)(H,26,28);3*1H/b8-6+;;;. The van der Waals surface area contributed by atoms with E-state index in [0.717, 1.165) is 43.0 Å². The maximum atomic E-state index is 11.0. The van der Waals surface area contributed by atoms with E-state index in [1.54, 1.807) is 17.8 Å². The minimum Gasteiger partial charge on any atom is -0.366 e. The van der Waals surface area contributed by atoms with Gasteiger partial charge in [-0.2, -0.15) is 0 Å². The maximum Gasteiger partial charge on any atom is 0.267 e. The molecule has 4 rings (SSSR count). The molecule has 0 bridgehead atoms. The van der Waals surface area contributed by atoms with Gasteiger partial charge in [0.25, 0.3) is 5.91 Å². The van der Waals surface area contributed by atoms with E-state index < -0.39 is 5.91 Å². The van der Waals surface area contributed by atoms with Crippen LogP contribution < -0.4 is 10.8 Å². The molecule has 3 heterocycles. The van der Waals surface area contributed by atoms with E-state index in [9.17, 15) is 4.79 Å². The molecule has 3 N–H and O–H groups in total. The van der Waals surface area contributed by atoms with Gasteiger partial charge in [-0.1, -0.05) is 18.2 Å². The average molecular weight is 499 g/mol. The highest BCUT2D eigenvalue weighted by atomic mass is 35.5. The molecule has 1 atom stereocenters. The van der Waals surface area contributed by atoms with Crippen molar-refractivity contribution in [1.82, 2.24) is 20.3 Å². The van der Waals surface area contributed by atoms with Crippen molar-refractivity contribution in [2.24, 2.45) is 0 Å². The Morgan fingerprint density at radius 2 is 1.94 bits per heavy atom. The van der Waals surface area contributed by atoms with Gasteiger partial charge in [0.2, 0.25) is 0 Å². The van der Waals surface area contributed by atoms with Gasteiger partial charge < -0.3 is 5.32 Å². The molecule has 1 fully saturated rings. The third kappa shape index (κ3) is 7.32. The molecule has 2 aromatic heterocycles. The Balaban J connectivity index is 0.00000171. The number of fused-ring (bicyclic) bond motifs is 1. The fourth-order valence-electron chi connectivity index (χ4n) is 3.56. The number of nitrogens with zero attached hydrogens (tertiary/aromatic N) is 3. The van der Waals surface area contributed by atoms with Crippen molar-refractivity contribution >= 4 is 65.9 Å². The van der Waals surface area contributed by atoms with Crippen LogP contribution >= 0.6 is 37.2 Å². The first-order valence-corrected chi connectivity index (χ1v) is 9.60. The molecule has 172 valence electrons. The lowest BCUT2D eigenvalue weighted by Crippen LogP contribution is -2.26. The Bertz CT molecular complexity index is 1030. The summed E-state index contributed by atoms with van der Waals surface area (Å²) in [4.78, 5) is 22.4. The molecule has 7 nitrogen and oxygen atoms in total. The lowest BCUT2D eigenvalue weighted by atomic mass is 10.1. The number of halogens is 3. The highest BCUT2D eigenvalue weighted by Crippen LogP contribution is 2.19. The lowest BCUT2D eigenvalue weighted by Gasteiger charge is -2.17. The monoisotopic (exact) mass is 497 g/mol. The van der Waals surface area contributed by atoms with Crippen molar-refractivity contribution in [2.45, 2.75) is 19.0 Å². The van der Waals surface area contributed by atoms with E-state index in [-0.39, 0.29) is 37.2 Å². The summed E-state index contributed by atoms with van der Waals surface area (Å²) in [5, 5.41) is 13.1. The number of hydroxylamine groups is 1. The Labute approximate surface area is 205 Å². The summed E-state index contributed by atoms with van der Waals surface area (Å²) in [6.45, 7) is 2.87. The van der Waals surface area contributed by atoms with Crippen LogP contribution in [0.3, 0.4) is 0 Å². The van der Waals surface area contributed by atoms with Gasteiger partial charge in [-0.15, -0.1) is 37.2 Å². The second-order valence-electron chi connectivity index (χ2n) is 7.19. The average Bonchev–Trinajstić information content (AvgIpc) is 3.19. The second kappa shape index (κ2) is 13.2. The normalized spacial score (nSPS) is 15.5. The number of carbonyl (C=O) groups excluding carboxylic acids is 1. The molecule has 32 heavy (non-hydrogen) atoms. The van der Waals surface area contributed by atoms with Gasteiger partial charge in [-0.05, 0) is 47.9 Å². The molecule has 0 aliphatic carbocycles. The van der Waals surface area contributed by atoms with Crippen molar-refractivity contribution in [3.8, 4) is 0 Å². The molecule has 1 aliphatic rings. The van der Waals surface area contributed by atoms with Gasteiger partial charge >= 0.3 is 0 Å². The first-order chi connectivity index (χ1) is 14.2. The number of hydrogen-bond acceptors (Lipinski definition) is 6. The van der Waals surface area contributed by atoms with Crippen molar-refractivity contribution in [2.75, 3.05) is 18.4 Å². The zero-order valence-corrected chi connectivity index (χ0v) is 19.6. The van der Waals surface area contributed by atoms with Crippen molar-refractivity contribution in [1.29, 1.82) is 0 Å². The van der Waals surface area contributed by atoms with Gasteiger partial charge in [0, 0.05) is 49.5 Å². The molecule has 0 radical (unpaired) electrons. The number of anilines is 1. The Kier molecular flexibility index (Phi) is 11.4. The van der Waals surface area contributed by atoms with E-state index in [1.807, 2.05) is 36.5 Å². The SMILES string of the molecule is Cl.Cl.Cl.O=C(/C=C/c1ccc(NC2CCN(Cc3cnc4ccccc4c3)C2)nc1)NO. The summed E-state index contributed by atoms with van der Waals surface area (Å²) >= 11 is 0. The van der Waals surface area contributed by atoms with Crippen LogP contribution in [0, 0.1) is 0 Å². The largest absolute Gasteiger partial charge is 0.366 e. The fraction of sp³-hybridized carbons (Fsp3) is 0.227. The predicted octanol–water partition coefficient (Wildman–Crippen LogP) is 4.10. The summed E-state index contributed by atoms with van der Waals surface area (Å²) in [6.07, 6.45) is 7.56. The summed E-state index contributed by atoms with van der Waals surface area (Å²) < 4.78 is 0. The van der Waals surface area contributed by atoms with Crippen LogP contribution in [0.1, 0.15) is 17.5 Å². The zero-order valence-electron chi connectivity index (χ0n) is 17.2. The first kappa shape index (κ1) is 27.6. The number of likely N-dealkylation sites (tertiary alicyclic amines) is 1. The number of aromatic nitrogens is 2. The molecule has 3 aromatic rings. The quantitative estimate of drug-likeness (QED) is 0.269. The van der Waals surface area contributed by atoms with Crippen LogP contribution in [0.4, 0.5) is 5.82 Å². The first-order valence-electron chi connectivity index (χ1n) is 9.60. The number of nitrogens with one attached hydrogen (secondary N) is 2. The minimum absolute atomic E-state index is 0. The third-order valence-electron chi connectivity index (χ3n) is 5.00. The number of hydrogen-bond donors (Lipinski definition) is 3. The van der Waals surface area contributed by atoms with Gasteiger partial charge in [-0.3, -0.25) is 19.9 Å². The van der Waals surface area contributed by atoms with Gasteiger partial charge in [0.1, 0.15) is 5.82 Å². The molecule has 1 aromatic carbocycles. The number of amides is 1. The van der Waals surface area contributed by atoms with Crippen LogP contribution in [0.15, 0.2) is 60.9 Å². The molecule has 1 aliphatic heterocycles. The Morgan fingerprint density at radius 1 is 1.12 bits per heavy atom. The number of para-hydroxylation sites is 1. The van der Waals surface area contributed by atoms with Gasteiger partial charge in [-0.25, -0.2) is 10.5 Å². The molecule has 0 saturated carbocycles. The predicted molar refractivity (Wildman–Crippen MR) is 134 cm³/mol. The van der Waals surface area contributed by atoms with Crippen LogP contribution in [-0.4, -0.2) is 45.1 Å². The van der Waals surface area contributed by atoms with E-state index in [2.05, 4.69) is 32.3 Å². The highest BCUT2D eigenvalue weighted by Gasteiger charge is 2.22. The highest BCUT2D eigenvalue weighted by molar-refractivity contribution is 5.90. The van der Waals surface area contributed by atoms with Crippen molar-refractivity contribution in [3.05, 3.63) is 72.1 Å². The van der Waals surface area contributed by atoms with E-state index >= 15 is 0 Å². The van der Waals surface area contributed by atoms with Gasteiger partial charge in [0.05, 0.1) is 5.52 Å². The molecule has 0 spiro atoms. The molecular weight excluding hydrogens is 473 g/mol. The van der Waals surface area contributed by atoms with E-state index in [0.29, 0.717) is 6.04 Å². The summed E-state index contributed by atoms with van der Waals surface area (Å²) in [5.41, 5.74) is 4.60. The summed E-state index contributed by atoms with van der Waals surface area (Å²) in [6, 6.07) is 14.5. The lowest BCUT2D eigenvalue weighted by molar-refractivity contribution is -0.124. The maximum absolute atomic E-state index is 11.0. The minimum atomic E-state index is -0.570. The van der Waals surface area contributed by atoms with Crippen LogP contribution in [0.5, 0.6) is 0 Å². The second-order valence-corrected chi connectivity index (χ2v) is 7.19. The Morgan fingerprint density at radius 3 is 2.69 bits per heavy atom. The molecule has 1 saturated heterocycles. The topological polar surface area (TPSA) is 90.4 Å². The summed E-state index contributed by atoms with van der Waals surface area (Å²) in [5.74, 6) is 0.243. The van der Waals surface area contributed by atoms with Crippen LogP contribution in [0.25, 0.3) is 17.0 Å². The molecule has 1 unspecified atom stereocenters. The number of benzene rings is 1. The fourth-order valence-corrected chi connectivity index (χ4v) is 3.56. The smallest absolute Gasteiger partial charge is 0.267 e. The van der Waals surface area contributed by atoms with Crippen molar-refractivity contribution in [3.63, 3.8) is 0 Å². The number of pyridine rings is 2. The third-order valence-corrected chi connectivity index (χ3v) is 5.00. The van der Waals surface area contributed by atoms with Crippen LogP contribution in [0.2, 0.25) is 0 Å². The zero-order chi connectivity index (χ0) is 20.1. The Hall–Kier alpha value is -2.42. The molecule has 1 amide bonds.